The van der Waals surface area contributed by atoms with E-state index in [4.69, 9.17) is 9.78 Å². The standard InChI is InChI=1S/C19H14N6O/c20-11-13-3-5-14(6-4-13)15-7-8-22-16(10-15)19-23-18(24-26-19)17-2-1-9-25(17)12-21/h3-8,10,17H,1-2,9H2/t17-/m0/s1. The van der Waals surface area contributed by atoms with Gasteiger partial charge in [-0.3, -0.25) is 9.88 Å². The second-order valence-electron chi connectivity index (χ2n) is 6.03. The molecule has 0 aliphatic carbocycles. The van der Waals surface area contributed by atoms with Crippen LogP contribution in [-0.2, 0) is 0 Å². The molecule has 1 saturated heterocycles. The molecule has 1 atom stereocenters. The Morgan fingerprint density at radius 3 is 2.73 bits per heavy atom. The molecule has 1 aliphatic heterocycles. The first-order chi connectivity index (χ1) is 12.8. The Balaban J connectivity index is 1.63. The second kappa shape index (κ2) is 6.66. The maximum atomic E-state index is 9.18. The van der Waals surface area contributed by atoms with Crippen LogP contribution < -0.4 is 0 Å². The number of hydrogen-bond acceptors (Lipinski definition) is 7. The highest BCUT2D eigenvalue weighted by Gasteiger charge is 2.29. The average Bonchev–Trinajstić information content (AvgIpc) is 3.37. The van der Waals surface area contributed by atoms with Crippen molar-refractivity contribution >= 4 is 0 Å². The quantitative estimate of drug-likeness (QED) is 0.673. The van der Waals surface area contributed by atoms with Gasteiger partial charge in [-0.2, -0.15) is 15.5 Å². The number of nitriles is 2. The Hall–Kier alpha value is -3.71. The molecule has 1 aliphatic rings. The van der Waals surface area contributed by atoms with Crippen LogP contribution >= 0.6 is 0 Å². The van der Waals surface area contributed by atoms with Crippen molar-refractivity contribution in [2.45, 2.75) is 18.9 Å². The molecule has 0 N–H and O–H groups in total. The molecule has 0 spiro atoms. The first-order valence-electron chi connectivity index (χ1n) is 8.25. The van der Waals surface area contributed by atoms with Gasteiger partial charge in [-0.15, -0.1) is 0 Å². The number of benzene rings is 1. The largest absolute Gasteiger partial charge is 0.332 e. The predicted molar refractivity (Wildman–Crippen MR) is 92.0 cm³/mol. The minimum absolute atomic E-state index is 0.126. The van der Waals surface area contributed by atoms with Crippen LogP contribution in [0.3, 0.4) is 0 Å². The Labute approximate surface area is 150 Å². The van der Waals surface area contributed by atoms with Gasteiger partial charge in [0.1, 0.15) is 11.7 Å². The molecule has 4 rings (SSSR count). The van der Waals surface area contributed by atoms with E-state index in [-0.39, 0.29) is 6.04 Å². The molecule has 0 amide bonds. The molecule has 0 radical (unpaired) electrons. The Morgan fingerprint density at radius 2 is 1.96 bits per heavy atom. The van der Waals surface area contributed by atoms with Gasteiger partial charge in [0, 0.05) is 12.7 Å². The Bertz CT molecular complexity index is 1010. The molecule has 0 unspecified atom stereocenters. The fraction of sp³-hybridized carbons (Fsp3) is 0.211. The van der Waals surface area contributed by atoms with Gasteiger partial charge in [0.15, 0.2) is 12.0 Å². The van der Waals surface area contributed by atoms with E-state index in [1.807, 2.05) is 24.3 Å². The van der Waals surface area contributed by atoms with E-state index in [2.05, 4.69) is 27.4 Å². The summed E-state index contributed by atoms with van der Waals surface area (Å²) >= 11 is 0. The van der Waals surface area contributed by atoms with Gasteiger partial charge in [0.05, 0.1) is 11.6 Å². The van der Waals surface area contributed by atoms with Gasteiger partial charge < -0.3 is 4.52 Å². The van der Waals surface area contributed by atoms with Crippen molar-refractivity contribution in [1.82, 2.24) is 20.0 Å². The smallest absolute Gasteiger partial charge is 0.276 e. The lowest BCUT2D eigenvalue weighted by molar-refractivity contribution is 0.339. The first kappa shape index (κ1) is 15.8. The zero-order valence-electron chi connectivity index (χ0n) is 13.8. The molecule has 1 fully saturated rings. The van der Waals surface area contributed by atoms with Crippen LogP contribution in [0.1, 0.15) is 30.3 Å². The summed E-state index contributed by atoms with van der Waals surface area (Å²) in [6.07, 6.45) is 5.64. The van der Waals surface area contributed by atoms with Crippen molar-refractivity contribution in [2.24, 2.45) is 0 Å². The third kappa shape index (κ3) is 2.87. The van der Waals surface area contributed by atoms with E-state index in [0.717, 1.165) is 30.5 Å². The lowest BCUT2D eigenvalue weighted by Crippen LogP contribution is -2.17. The molecule has 1 aromatic carbocycles. The first-order valence-corrected chi connectivity index (χ1v) is 8.25. The van der Waals surface area contributed by atoms with Crippen LogP contribution in [0.4, 0.5) is 0 Å². The van der Waals surface area contributed by atoms with E-state index >= 15 is 0 Å². The molecule has 0 bridgehead atoms. The molecule has 3 aromatic rings. The molecule has 126 valence electrons. The highest BCUT2D eigenvalue weighted by atomic mass is 16.5. The minimum Gasteiger partial charge on any atom is -0.332 e. The molecule has 2 aromatic heterocycles. The maximum Gasteiger partial charge on any atom is 0.276 e. The highest BCUT2D eigenvalue weighted by Crippen LogP contribution is 2.31. The number of rotatable bonds is 3. The zero-order chi connectivity index (χ0) is 17.9. The number of aromatic nitrogens is 3. The fourth-order valence-electron chi connectivity index (χ4n) is 3.09. The monoisotopic (exact) mass is 342 g/mol. The van der Waals surface area contributed by atoms with Gasteiger partial charge in [-0.25, -0.2) is 0 Å². The van der Waals surface area contributed by atoms with Crippen molar-refractivity contribution in [3.05, 3.63) is 54.0 Å². The van der Waals surface area contributed by atoms with Crippen LogP contribution in [0.2, 0.25) is 0 Å². The van der Waals surface area contributed by atoms with E-state index in [1.54, 1.807) is 23.2 Å². The van der Waals surface area contributed by atoms with Crippen molar-refractivity contribution in [3.63, 3.8) is 0 Å². The number of likely N-dealkylation sites (tertiary alicyclic amines) is 1. The van der Waals surface area contributed by atoms with Gasteiger partial charge in [0.25, 0.3) is 5.89 Å². The molecule has 26 heavy (non-hydrogen) atoms. The van der Waals surface area contributed by atoms with Gasteiger partial charge in [0.2, 0.25) is 0 Å². The predicted octanol–water partition coefficient (Wildman–Crippen LogP) is 3.29. The van der Waals surface area contributed by atoms with E-state index < -0.39 is 0 Å². The summed E-state index contributed by atoms with van der Waals surface area (Å²) in [6.45, 7) is 0.720. The summed E-state index contributed by atoms with van der Waals surface area (Å²) in [7, 11) is 0. The summed E-state index contributed by atoms with van der Waals surface area (Å²) < 4.78 is 5.38. The second-order valence-corrected chi connectivity index (χ2v) is 6.03. The van der Waals surface area contributed by atoms with Crippen molar-refractivity contribution in [1.29, 1.82) is 10.5 Å². The third-order valence-corrected chi connectivity index (χ3v) is 4.45. The van der Waals surface area contributed by atoms with Crippen molar-refractivity contribution < 1.29 is 4.52 Å². The van der Waals surface area contributed by atoms with Gasteiger partial charge in [-0.1, -0.05) is 17.3 Å². The summed E-state index contributed by atoms with van der Waals surface area (Å²) in [5.74, 6) is 0.852. The summed E-state index contributed by atoms with van der Waals surface area (Å²) in [5, 5.41) is 22.1. The van der Waals surface area contributed by atoms with Crippen molar-refractivity contribution in [3.8, 4) is 35.0 Å². The molecule has 7 heteroatoms. The van der Waals surface area contributed by atoms with Crippen LogP contribution in [0, 0.1) is 22.8 Å². The average molecular weight is 342 g/mol. The normalized spacial score (nSPS) is 16.2. The van der Waals surface area contributed by atoms with E-state index in [1.165, 1.54) is 0 Å². The fourth-order valence-corrected chi connectivity index (χ4v) is 3.09. The Kier molecular flexibility index (Phi) is 4.04. The number of hydrogen-bond donors (Lipinski definition) is 0. The van der Waals surface area contributed by atoms with E-state index in [0.29, 0.717) is 23.0 Å². The number of nitrogens with zero attached hydrogens (tertiary/aromatic N) is 6. The molecule has 3 heterocycles. The molecule has 0 saturated carbocycles. The van der Waals surface area contributed by atoms with Crippen molar-refractivity contribution in [2.75, 3.05) is 6.54 Å². The topological polar surface area (TPSA) is 103 Å². The van der Waals surface area contributed by atoms with Crippen LogP contribution in [0.25, 0.3) is 22.7 Å². The summed E-state index contributed by atoms with van der Waals surface area (Å²) in [4.78, 5) is 10.4. The molecular weight excluding hydrogens is 328 g/mol. The summed E-state index contributed by atoms with van der Waals surface area (Å²) in [6, 6.07) is 13.1. The third-order valence-electron chi connectivity index (χ3n) is 4.45. The van der Waals surface area contributed by atoms with E-state index in [9.17, 15) is 5.26 Å². The maximum absolute atomic E-state index is 9.18. The molecule has 7 nitrogen and oxygen atoms in total. The zero-order valence-corrected chi connectivity index (χ0v) is 13.8. The van der Waals surface area contributed by atoms with Gasteiger partial charge >= 0.3 is 0 Å². The number of pyridine rings is 1. The highest BCUT2D eigenvalue weighted by molar-refractivity contribution is 5.68. The SMILES string of the molecule is N#Cc1ccc(-c2ccnc(-c3nc([C@@H]4CCCN4C#N)no3)c2)cc1. The van der Waals surface area contributed by atoms with Crippen LogP contribution in [-0.4, -0.2) is 26.6 Å². The van der Waals surface area contributed by atoms with Crippen LogP contribution in [0.15, 0.2) is 47.1 Å². The molecular formula is C19H14N6O. The van der Waals surface area contributed by atoms with Gasteiger partial charge in [-0.05, 0) is 48.2 Å². The lowest BCUT2D eigenvalue weighted by atomic mass is 10.0. The Morgan fingerprint density at radius 1 is 1.12 bits per heavy atom. The lowest BCUT2D eigenvalue weighted by Gasteiger charge is -2.13. The van der Waals surface area contributed by atoms with Crippen LogP contribution in [0.5, 0.6) is 0 Å². The summed E-state index contributed by atoms with van der Waals surface area (Å²) in [5.41, 5.74) is 3.10. The minimum atomic E-state index is -0.126.